The van der Waals surface area contributed by atoms with Crippen molar-refractivity contribution in [3.05, 3.63) is 0 Å². The third-order valence-electron chi connectivity index (χ3n) is 1.86. The van der Waals surface area contributed by atoms with Crippen molar-refractivity contribution in [3.63, 3.8) is 0 Å². The number of halogens is 1. The van der Waals surface area contributed by atoms with Gasteiger partial charge >= 0.3 is 5.97 Å². The quantitative estimate of drug-likeness (QED) is 0.383. The van der Waals surface area contributed by atoms with E-state index in [9.17, 15) is 4.79 Å². The first-order valence-corrected chi connectivity index (χ1v) is 3.18. The van der Waals surface area contributed by atoms with Crippen molar-refractivity contribution in [2.75, 3.05) is 0 Å². The Balaban J connectivity index is 2.82. The molecular formula is C6H9ClO2. The predicted molar refractivity (Wildman–Crippen MR) is 34.4 cm³/mol. The average Bonchev–Trinajstić information content (AvgIpc) is 1.65. The minimum absolute atomic E-state index is 0.325. The lowest BCUT2D eigenvalue weighted by molar-refractivity contribution is -0.195. The molecule has 0 spiro atoms. The van der Waals surface area contributed by atoms with Crippen molar-refractivity contribution in [2.24, 2.45) is 0 Å². The van der Waals surface area contributed by atoms with E-state index in [0.717, 1.165) is 0 Å². The lowest BCUT2D eigenvalue weighted by atomic mass is 9.86. The third-order valence-corrected chi connectivity index (χ3v) is 2.47. The number of ether oxygens (including phenoxy) is 1. The molecule has 0 radical (unpaired) electrons. The summed E-state index contributed by atoms with van der Waals surface area (Å²) in [6, 6.07) is 0. The molecule has 0 amide bonds. The number of carbonyl (C=O) groups excluding carboxylic acids is 1. The summed E-state index contributed by atoms with van der Waals surface area (Å²) in [5.74, 6) is -0.325. The fourth-order valence-electron chi connectivity index (χ4n) is 0.623. The van der Waals surface area contributed by atoms with Gasteiger partial charge in [-0.2, -0.15) is 0 Å². The molecule has 1 aliphatic rings. The summed E-state index contributed by atoms with van der Waals surface area (Å²) in [5.41, 5.74) is -0.494. The van der Waals surface area contributed by atoms with Gasteiger partial charge in [-0.3, -0.25) is 0 Å². The Morgan fingerprint density at radius 3 is 1.89 bits per heavy atom. The maximum Gasteiger partial charge on any atom is 0.331 e. The normalized spacial score (nSPS) is 39.3. The van der Waals surface area contributed by atoms with Gasteiger partial charge in [0.05, 0.1) is 0 Å². The van der Waals surface area contributed by atoms with Crippen LogP contribution >= 0.6 is 11.6 Å². The minimum atomic E-state index is -0.812. The van der Waals surface area contributed by atoms with Crippen molar-refractivity contribution in [3.8, 4) is 0 Å². The zero-order chi connectivity index (χ0) is 7.28. The molecule has 0 bridgehead atoms. The summed E-state index contributed by atoms with van der Waals surface area (Å²) < 4.78 is 4.77. The summed E-state index contributed by atoms with van der Waals surface area (Å²) in [7, 11) is 0. The molecule has 0 N–H and O–H groups in total. The molecule has 2 nitrogen and oxygen atoms in total. The zero-order valence-electron chi connectivity index (χ0n) is 5.69. The molecule has 3 heteroatoms. The van der Waals surface area contributed by atoms with Crippen LogP contribution in [0.4, 0.5) is 0 Å². The lowest BCUT2D eigenvalue weighted by Crippen LogP contribution is -2.63. The first kappa shape index (κ1) is 6.87. The minimum Gasteiger partial charge on any atom is -0.456 e. The Hall–Kier alpha value is -0.240. The second-order valence-corrected chi connectivity index (χ2v) is 3.66. The second-order valence-electron chi connectivity index (χ2n) is 2.90. The Labute approximate surface area is 59.1 Å². The third kappa shape index (κ3) is 0.659. The molecule has 1 atom stereocenters. The largest absolute Gasteiger partial charge is 0.456 e. The van der Waals surface area contributed by atoms with Crippen molar-refractivity contribution < 1.29 is 9.53 Å². The fourth-order valence-corrected chi connectivity index (χ4v) is 0.700. The number of esters is 1. The molecule has 0 aromatic carbocycles. The topological polar surface area (TPSA) is 26.3 Å². The first-order valence-electron chi connectivity index (χ1n) is 2.80. The van der Waals surface area contributed by atoms with Crippen LogP contribution in [0.2, 0.25) is 0 Å². The number of rotatable bonds is 0. The maximum atomic E-state index is 10.6. The smallest absolute Gasteiger partial charge is 0.331 e. The maximum absolute atomic E-state index is 10.6. The number of carbonyl (C=O) groups is 1. The van der Waals surface area contributed by atoms with Gasteiger partial charge in [0, 0.05) is 0 Å². The molecule has 0 aromatic heterocycles. The van der Waals surface area contributed by atoms with Gasteiger partial charge in [0.25, 0.3) is 0 Å². The first-order chi connectivity index (χ1) is 3.88. The highest BCUT2D eigenvalue weighted by molar-refractivity contribution is 6.36. The van der Waals surface area contributed by atoms with Gasteiger partial charge in [-0.05, 0) is 20.8 Å². The Morgan fingerprint density at radius 1 is 1.44 bits per heavy atom. The number of cyclic esters (lactones) is 1. The second kappa shape index (κ2) is 1.43. The van der Waals surface area contributed by atoms with Crippen molar-refractivity contribution >= 4 is 17.6 Å². The fraction of sp³-hybridized carbons (Fsp3) is 0.833. The highest BCUT2D eigenvalue weighted by atomic mass is 35.5. The van der Waals surface area contributed by atoms with E-state index in [2.05, 4.69) is 0 Å². The molecule has 0 aromatic rings. The van der Waals surface area contributed by atoms with Gasteiger partial charge in [-0.15, -0.1) is 11.6 Å². The molecule has 1 rings (SSSR count). The van der Waals surface area contributed by atoms with Crippen LogP contribution in [0.25, 0.3) is 0 Å². The Bertz CT molecular complexity index is 160. The molecule has 0 saturated carbocycles. The molecule has 1 saturated heterocycles. The molecule has 1 fully saturated rings. The lowest BCUT2D eigenvalue weighted by Gasteiger charge is -2.46. The van der Waals surface area contributed by atoms with E-state index >= 15 is 0 Å². The van der Waals surface area contributed by atoms with Crippen molar-refractivity contribution in [1.29, 1.82) is 0 Å². The number of hydrogen-bond acceptors (Lipinski definition) is 2. The molecule has 0 aliphatic carbocycles. The standard InChI is InChI=1S/C6H9ClO2/c1-5(2)6(3,7)4(8)9-5/h1-3H3. The highest BCUT2D eigenvalue weighted by Gasteiger charge is 2.59. The molecule has 1 aliphatic heterocycles. The summed E-state index contributed by atoms with van der Waals surface area (Å²) in [5, 5.41) is 0. The van der Waals surface area contributed by atoms with Crippen LogP contribution in [0.1, 0.15) is 20.8 Å². The van der Waals surface area contributed by atoms with E-state index in [0.29, 0.717) is 0 Å². The van der Waals surface area contributed by atoms with E-state index < -0.39 is 10.5 Å². The van der Waals surface area contributed by atoms with Crippen LogP contribution in [0.3, 0.4) is 0 Å². The van der Waals surface area contributed by atoms with Crippen LogP contribution in [0.15, 0.2) is 0 Å². The van der Waals surface area contributed by atoms with Gasteiger partial charge in [0.1, 0.15) is 5.60 Å². The summed E-state index contributed by atoms with van der Waals surface area (Å²) in [6.45, 7) is 5.25. The molecule has 52 valence electrons. The van der Waals surface area contributed by atoms with E-state index in [1.54, 1.807) is 20.8 Å². The monoisotopic (exact) mass is 148 g/mol. The van der Waals surface area contributed by atoms with Gasteiger partial charge in [-0.25, -0.2) is 4.79 Å². The molecule has 9 heavy (non-hydrogen) atoms. The summed E-state index contributed by atoms with van der Waals surface area (Å²) in [4.78, 5) is 9.80. The van der Waals surface area contributed by atoms with E-state index in [-0.39, 0.29) is 5.97 Å². The SMILES string of the molecule is CC1(C)OC(=O)C1(C)Cl. The van der Waals surface area contributed by atoms with E-state index in [4.69, 9.17) is 16.3 Å². The van der Waals surface area contributed by atoms with Crippen molar-refractivity contribution in [2.45, 2.75) is 31.2 Å². The average molecular weight is 149 g/mol. The summed E-state index contributed by atoms with van der Waals surface area (Å²) in [6.07, 6.45) is 0. The van der Waals surface area contributed by atoms with Crippen LogP contribution in [-0.2, 0) is 9.53 Å². The van der Waals surface area contributed by atoms with Gasteiger partial charge in [0.15, 0.2) is 4.87 Å². The molecule has 1 unspecified atom stereocenters. The number of alkyl halides is 1. The number of hydrogen-bond donors (Lipinski definition) is 0. The van der Waals surface area contributed by atoms with E-state index in [1.165, 1.54) is 0 Å². The zero-order valence-corrected chi connectivity index (χ0v) is 6.45. The van der Waals surface area contributed by atoms with Crippen LogP contribution in [-0.4, -0.2) is 16.4 Å². The van der Waals surface area contributed by atoms with Gasteiger partial charge in [-0.1, -0.05) is 0 Å². The van der Waals surface area contributed by atoms with Gasteiger partial charge in [0.2, 0.25) is 0 Å². The van der Waals surface area contributed by atoms with Crippen LogP contribution in [0, 0.1) is 0 Å². The van der Waals surface area contributed by atoms with Crippen molar-refractivity contribution in [1.82, 2.24) is 0 Å². The van der Waals surface area contributed by atoms with Gasteiger partial charge < -0.3 is 4.74 Å². The molecule has 1 heterocycles. The molecular weight excluding hydrogens is 140 g/mol. The van der Waals surface area contributed by atoms with Crippen LogP contribution < -0.4 is 0 Å². The predicted octanol–water partition coefficient (Wildman–Crippen LogP) is 1.32. The highest BCUT2D eigenvalue weighted by Crippen LogP contribution is 2.42. The Morgan fingerprint density at radius 2 is 1.89 bits per heavy atom. The van der Waals surface area contributed by atoms with E-state index in [1.807, 2.05) is 0 Å². The summed E-state index contributed by atoms with van der Waals surface area (Å²) >= 11 is 5.77. The Kier molecular flexibility index (Phi) is 1.09. The van der Waals surface area contributed by atoms with Crippen LogP contribution in [0.5, 0.6) is 0 Å².